The summed E-state index contributed by atoms with van der Waals surface area (Å²) in [5.74, 6) is 1.65. The van der Waals surface area contributed by atoms with Gasteiger partial charge in [0.1, 0.15) is 11.5 Å². The summed E-state index contributed by atoms with van der Waals surface area (Å²) in [6.45, 7) is 3.50. The standard InChI is InChI=1S/C15H19N5O2/c1-2-3-7-21-9-6-13-17-14-10-11(12-5-4-8-22-12)19-20(14)15(16)18-13/h4-5,8,10H,2-3,6-7,9H2,1H3,(H2,16,17,18). The van der Waals surface area contributed by atoms with Gasteiger partial charge in [-0.05, 0) is 18.6 Å². The van der Waals surface area contributed by atoms with E-state index in [9.17, 15) is 0 Å². The van der Waals surface area contributed by atoms with Crippen molar-refractivity contribution in [2.45, 2.75) is 26.2 Å². The Balaban J connectivity index is 1.76. The molecule has 0 saturated heterocycles. The Morgan fingerprint density at radius 1 is 1.32 bits per heavy atom. The van der Waals surface area contributed by atoms with Gasteiger partial charge in [0.25, 0.3) is 0 Å². The molecule has 0 aliphatic heterocycles. The topological polar surface area (TPSA) is 91.5 Å². The normalized spacial score (nSPS) is 11.3. The maximum atomic E-state index is 5.95. The number of fused-ring (bicyclic) bond motifs is 1. The third-order valence-electron chi connectivity index (χ3n) is 3.28. The van der Waals surface area contributed by atoms with Gasteiger partial charge in [0.05, 0.1) is 12.9 Å². The summed E-state index contributed by atoms with van der Waals surface area (Å²) >= 11 is 0. The van der Waals surface area contributed by atoms with E-state index in [2.05, 4.69) is 22.0 Å². The highest BCUT2D eigenvalue weighted by atomic mass is 16.5. The third-order valence-corrected chi connectivity index (χ3v) is 3.28. The van der Waals surface area contributed by atoms with E-state index < -0.39 is 0 Å². The van der Waals surface area contributed by atoms with Crippen molar-refractivity contribution in [2.24, 2.45) is 0 Å². The highest BCUT2D eigenvalue weighted by Crippen LogP contribution is 2.20. The Morgan fingerprint density at radius 2 is 2.23 bits per heavy atom. The minimum Gasteiger partial charge on any atom is -0.463 e. The van der Waals surface area contributed by atoms with Gasteiger partial charge in [-0.1, -0.05) is 13.3 Å². The average Bonchev–Trinajstić information content (AvgIpc) is 3.16. The van der Waals surface area contributed by atoms with Gasteiger partial charge in [-0.2, -0.15) is 14.6 Å². The molecule has 2 N–H and O–H groups in total. The molecule has 0 amide bonds. The van der Waals surface area contributed by atoms with Crippen molar-refractivity contribution in [3.8, 4) is 11.5 Å². The van der Waals surface area contributed by atoms with E-state index in [-0.39, 0.29) is 0 Å². The Labute approximate surface area is 128 Å². The number of ether oxygens (including phenoxy) is 1. The Bertz CT molecular complexity index is 736. The molecule has 7 heteroatoms. The molecule has 116 valence electrons. The van der Waals surface area contributed by atoms with Crippen LogP contribution >= 0.6 is 0 Å². The number of aromatic nitrogens is 4. The quantitative estimate of drug-likeness (QED) is 0.673. The molecule has 0 atom stereocenters. The van der Waals surface area contributed by atoms with Crippen LogP contribution in [0.25, 0.3) is 17.1 Å². The first kappa shape index (κ1) is 14.5. The molecule has 3 aromatic rings. The number of furan rings is 1. The summed E-state index contributed by atoms with van der Waals surface area (Å²) in [5, 5.41) is 4.36. The monoisotopic (exact) mass is 301 g/mol. The fraction of sp³-hybridized carbons (Fsp3) is 0.400. The number of unbranched alkanes of at least 4 members (excludes halogenated alkanes) is 1. The Kier molecular flexibility index (Phi) is 4.34. The molecule has 7 nitrogen and oxygen atoms in total. The first-order valence-electron chi connectivity index (χ1n) is 7.41. The molecule has 0 aromatic carbocycles. The number of nitrogens with two attached hydrogens (primary N) is 1. The van der Waals surface area contributed by atoms with Gasteiger partial charge in [0.15, 0.2) is 11.4 Å². The fourth-order valence-corrected chi connectivity index (χ4v) is 2.12. The maximum Gasteiger partial charge on any atom is 0.224 e. The first-order chi connectivity index (χ1) is 10.8. The zero-order chi connectivity index (χ0) is 15.4. The SMILES string of the molecule is CCCCOCCc1nc(N)n2nc(-c3ccco3)cc2n1. The summed E-state index contributed by atoms with van der Waals surface area (Å²) < 4.78 is 12.4. The lowest BCUT2D eigenvalue weighted by Crippen LogP contribution is -2.10. The first-order valence-corrected chi connectivity index (χ1v) is 7.41. The number of hydrogen-bond acceptors (Lipinski definition) is 6. The van der Waals surface area contributed by atoms with Crippen molar-refractivity contribution >= 4 is 11.6 Å². The van der Waals surface area contributed by atoms with E-state index in [1.807, 2.05) is 18.2 Å². The van der Waals surface area contributed by atoms with Crippen LogP contribution in [-0.2, 0) is 11.2 Å². The van der Waals surface area contributed by atoms with Crippen molar-refractivity contribution in [2.75, 3.05) is 18.9 Å². The molecular formula is C15H19N5O2. The lowest BCUT2D eigenvalue weighted by molar-refractivity contribution is 0.133. The summed E-state index contributed by atoms with van der Waals surface area (Å²) in [7, 11) is 0. The number of nitrogen functional groups attached to an aromatic ring is 1. The zero-order valence-corrected chi connectivity index (χ0v) is 12.5. The lowest BCUT2D eigenvalue weighted by atomic mass is 10.3. The summed E-state index contributed by atoms with van der Waals surface area (Å²) in [6.07, 6.45) is 4.43. The Hall–Kier alpha value is -2.41. The van der Waals surface area contributed by atoms with E-state index in [0.717, 1.165) is 19.4 Å². The molecule has 0 saturated carbocycles. The average molecular weight is 301 g/mol. The van der Waals surface area contributed by atoms with Crippen molar-refractivity contribution in [1.29, 1.82) is 0 Å². The maximum absolute atomic E-state index is 5.95. The highest BCUT2D eigenvalue weighted by molar-refractivity contribution is 5.60. The molecule has 0 bridgehead atoms. The van der Waals surface area contributed by atoms with Crippen LogP contribution in [0.3, 0.4) is 0 Å². The van der Waals surface area contributed by atoms with E-state index >= 15 is 0 Å². The molecule has 3 rings (SSSR count). The molecule has 3 aromatic heterocycles. The number of nitrogens with zero attached hydrogens (tertiary/aromatic N) is 4. The molecule has 0 aliphatic rings. The predicted molar refractivity (Wildman–Crippen MR) is 82.3 cm³/mol. The zero-order valence-electron chi connectivity index (χ0n) is 12.5. The molecule has 0 unspecified atom stereocenters. The highest BCUT2D eigenvalue weighted by Gasteiger charge is 2.11. The summed E-state index contributed by atoms with van der Waals surface area (Å²) in [5.41, 5.74) is 7.29. The van der Waals surface area contributed by atoms with Gasteiger partial charge in [0, 0.05) is 19.1 Å². The van der Waals surface area contributed by atoms with Crippen LogP contribution in [0.4, 0.5) is 5.95 Å². The van der Waals surface area contributed by atoms with Crippen molar-refractivity contribution in [3.05, 3.63) is 30.3 Å². The predicted octanol–water partition coefficient (Wildman–Crippen LogP) is 2.33. The van der Waals surface area contributed by atoms with Crippen LogP contribution in [0.1, 0.15) is 25.6 Å². The Morgan fingerprint density at radius 3 is 3.00 bits per heavy atom. The molecule has 3 heterocycles. The van der Waals surface area contributed by atoms with Crippen LogP contribution < -0.4 is 5.73 Å². The van der Waals surface area contributed by atoms with Crippen molar-refractivity contribution in [1.82, 2.24) is 19.6 Å². The van der Waals surface area contributed by atoms with Gasteiger partial charge in [-0.25, -0.2) is 4.98 Å². The molecule has 0 aliphatic carbocycles. The van der Waals surface area contributed by atoms with E-state index in [0.29, 0.717) is 41.9 Å². The molecule has 0 spiro atoms. The second kappa shape index (κ2) is 6.57. The summed E-state index contributed by atoms with van der Waals surface area (Å²) in [6, 6.07) is 5.49. The van der Waals surface area contributed by atoms with Gasteiger partial charge in [-0.3, -0.25) is 0 Å². The van der Waals surface area contributed by atoms with Crippen LogP contribution in [0, 0.1) is 0 Å². The fourth-order valence-electron chi connectivity index (χ4n) is 2.12. The second-order valence-corrected chi connectivity index (χ2v) is 4.99. The van der Waals surface area contributed by atoms with E-state index in [4.69, 9.17) is 14.9 Å². The molecule has 0 fully saturated rings. The van der Waals surface area contributed by atoms with Gasteiger partial charge in [0.2, 0.25) is 5.95 Å². The second-order valence-electron chi connectivity index (χ2n) is 4.99. The van der Waals surface area contributed by atoms with Crippen LogP contribution in [-0.4, -0.2) is 32.8 Å². The van der Waals surface area contributed by atoms with Crippen molar-refractivity contribution < 1.29 is 9.15 Å². The smallest absolute Gasteiger partial charge is 0.224 e. The molecule has 0 radical (unpaired) electrons. The van der Waals surface area contributed by atoms with Crippen LogP contribution in [0.5, 0.6) is 0 Å². The van der Waals surface area contributed by atoms with Crippen LogP contribution in [0.15, 0.2) is 28.9 Å². The summed E-state index contributed by atoms with van der Waals surface area (Å²) in [4.78, 5) is 8.74. The van der Waals surface area contributed by atoms with Crippen LogP contribution in [0.2, 0.25) is 0 Å². The number of hydrogen-bond donors (Lipinski definition) is 1. The molecular weight excluding hydrogens is 282 g/mol. The minimum atomic E-state index is 0.311. The van der Waals surface area contributed by atoms with Gasteiger partial charge in [-0.15, -0.1) is 0 Å². The van der Waals surface area contributed by atoms with Gasteiger partial charge < -0.3 is 14.9 Å². The lowest BCUT2D eigenvalue weighted by Gasteiger charge is -2.04. The van der Waals surface area contributed by atoms with Crippen molar-refractivity contribution in [3.63, 3.8) is 0 Å². The van der Waals surface area contributed by atoms with Gasteiger partial charge >= 0.3 is 0 Å². The van der Waals surface area contributed by atoms with E-state index in [1.54, 1.807) is 6.26 Å². The number of rotatable bonds is 7. The third kappa shape index (κ3) is 3.09. The van der Waals surface area contributed by atoms with E-state index in [1.165, 1.54) is 4.52 Å². The minimum absolute atomic E-state index is 0.311. The number of anilines is 1. The molecule has 22 heavy (non-hydrogen) atoms. The largest absolute Gasteiger partial charge is 0.463 e.